The van der Waals surface area contributed by atoms with Crippen molar-refractivity contribution in [2.45, 2.75) is 40.5 Å². The molecule has 6 nitrogen and oxygen atoms in total. The molecule has 3 aromatic rings. The maximum Gasteiger partial charge on any atom is 0.257 e. The summed E-state index contributed by atoms with van der Waals surface area (Å²) in [4.78, 5) is 18.6. The molecule has 0 aliphatic heterocycles. The van der Waals surface area contributed by atoms with Gasteiger partial charge < -0.3 is 14.2 Å². The van der Waals surface area contributed by atoms with Crippen molar-refractivity contribution >= 4 is 22.4 Å². The van der Waals surface area contributed by atoms with Gasteiger partial charge in [0.1, 0.15) is 5.75 Å². The first-order chi connectivity index (χ1) is 15.5. The molecular formula is C25H30N2O4S. The molecule has 1 amide bonds. The molecule has 1 aromatic heterocycles. The summed E-state index contributed by atoms with van der Waals surface area (Å²) in [6.45, 7) is 9.13. The van der Waals surface area contributed by atoms with Gasteiger partial charge in [0, 0.05) is 16.0 Å². The highest BCUT2D eigenvalue weighted by atomic mass is 32.1. The van der Waals surface area contributed by atoms with Crippen molar-refractivity contribution in [1.82, 2.24) is 4.98 Å². The highest BCUT2D eigenvalue weighted by Gasteiger charge is 2.16. The molecule has 1 heterocycles. The van der Waals surface area contributed by atoms with Gasteiger partial charge in [-0.25, -0.2) is 4.98 Å². The second-order valence-electron chi connectivity index (χ2n) is 7.36. The summed E-state index contributed by atoms with van der Waals surface area (Å²) in [5.41, 5.74) is 3.37. The standard InChI is InChI=1S/C25H30N2O4S/c1-6-8-13-31-21-12-10-19(15-22(21)30-7-2)24(28)27-25-26-23(17(4)32-25)18-9-11-20(29-5)16(3)14-18/h9-12,14-15H,6-8,13H2,1-5H3,(H,26,27,28). The first-order valence-corrected chi connectivity index (χ1v) is 11.6. The van der Waals surface area contributed by atoms with E-state index in [0.29, 0.717) is 35.4 Å². The number of thiazole rings is 1. The fourth-order valence-electron chi connectivity index (χ4n) is 3.28. The fourth-order valence-corrected chi connectivity index (χ4v) is 4.11. The van der Waals surface area contributed by atoms with Gasteiger partial charge in [-0.2, -0.15) is 0 Å². The molecule has 2 aromatic carbocycles. The van der Waals surface area contributed by atoms with Crippen molar-refractivity contribution in [2.75, 3.05) is 25.6 Å². The topological polar surface area (TPSA) is 69.7 Å². The van der Waals surface area contributed by atoms with Crippen LogP contribution in [0.3, 0.4) is 0 Å². The van der Waals surface area contributed by atoms with Crippen LogP contribution in [0.2, 0.25) is 0 Å². The Kier molecular flexibility index (Phi) is 8.11. The zero-order valence-electron chi connectivity index (χ0n) is 19.3. The molecule has 0 bridgehead atoms. The van der Waals surface area contributed by atoms with Crippen molar-refractivity contribution in [3.05, 3.63) is 52.4 Å². The number of hydrogen-bond donors (Lipinski definition) is 1. The summed E-state index contributed by atoms with van der Waals surface area (Å²) >= 11 is 1.45. The van der Waals surface area contributed by atoms with Gasteiger partial charge in [-0.15, -0.1) is 11.3 Å². The van der Waals surface area contributed by atoms with E-state index in [2.05, 4.69) is 17.2 Å². The molecule has 0 atom stereocenters. The number of carbonyl (C=O) groups is 1. The minimum atomic E-state index is -0.239. The lowest BCUT2D eigenvalue weighted by molar-refractivity contribution is 0.102. The number of unbranched alkanes of at least 4 members (excludes halogenated alkanes) is 1. The Morgan fingerprint density at radius 1 is 1.03 bits per heavy atom. The molecule has 0 spiro atoms. The van der Waals surface area contributed by atoms with Crippen molar-refractivity contribution in [1.29, 1.82) is 0 Å². The Morgan fingerprint density at radius 2 is 1.81 bits per heavy atom. The Bertz CT molecular complexity index is 1080. The van der Waals surface area contributed by atoms with E-state index in [-0.39, 0.29) is 5.91 Å². The molecule has 0 unspecified atom stereocenters. The number of aromatic nitrogens is 1. The summed E-state index contributed by atoms with van der Waals surface area (Å²) in [6, 6.07) is 11.2. The number of anilines is 1. The maximum atomic E-state index is 12.9. The van der Waals surface area contributed by atoms with Gasteiger partial charge in [0.25, 0.3) is 5.91 Å². The van der Waals surface area contributed by atoms with Crippen LogP contribution in [-0.4, -0.2) is 31.2 Å². The van der Waals surface area contributed by atoms with Crippen LogP contribution in [0.1, 0.15) is 47.5 Å². The minimum Gasteiger partial charge on any atom is -0.496 e. The highest BCUT2D eigenvalue weighted by molar-refractivity contribution is 7.16. The third kappa shape index (κ3) is 5.59. The quantitative estimate of drug-likeness (QED) is 0.366. The van der Waals surface area contributed by atoms with E-state index >= 15 is 0 Å². The predicted octanol–water partition coefficient (Wildman–Crippen LogP) is 6.27. The lowest BCUT2D eigenvalue weighted by Gasteiger charge is -2.13. The molecule has 0 radical (unpaired) electrons. The maximum absolute atomic E-state index is 12.9. The Labute approximate surface area is 193 Å². The van der Waals surface area contributed by atoms with Gasteiger partial charge >= 0.3 is 0 Å². The van der Waals surface area contributed by atoms with Crippen LogP contribution in [0, 0.1) is 13.8 Å². The summed E-state index contributed by atoms with van der Waals surface area (Å²) in [5.74, 6) is 1.82. The Morgan fingerprint density at radius 3 is 2.50 bits per heavy atom. The normalized spacial score (nSPS) is 10.7. The number of nitrogens with zero attached hydrogens (tertiary/aromatic N) is 1. The smallest absolute Gasteiger partial charge is 0.257 e. The largest absolute Gasteiger partial charge is 0.496 e. The number of carbonyl (C=O) groups excluding carboxylic acids is 1. The van der Waals surface area contributed by atoms with Crippen molar-refractivity contribution < 1.29 is 19.0 Å². The molecule has 1 N–H and O–H groups in total. The predicted molar refractivity (Wildman–Crippen MR) is 130 cm³/mol. The molecular weight excluding hydrogens is 424 g/mol. The zero-order valence-corrected chi connectivity index (χ0v) is 20.1. The molecule has 3 rings (SSSR count). The number of methoxy groups -OCH3 is 1. The highest BCUT2D eigenvalue weighted by Crippen LogP contribution is 2.33. The number of hydrogen-bond acceptors (Lipinski definition) is 6. The molecule has 32 heavy (non-hydrogen) atoms. The van der Waals surface area contributed by atoms with Crippen molar-refractivity contribution in [2.24, 2.45) is 0 Å². The second kappa shape index (κ2) is 11.0. The molecule has 7 heteroatoms. The fraction of sp³-hybridized carbons (Fsp3) is 0.360. The SMILES string of the molecule is CCCCOc1ccc(C(=O)Nc2nc(-c3ccc(OC)c(C)c3)c(C)s2)cc1OCC. The van der Waals surface area contributed by atoms with Gasteiger partial charge in [-0.1, -0.05) is 13.3 Å². The summed E-state index contributed by atoms with van der Waals surface area (Å²) in [6.07, 6.45) is 2.02. The monoisotopic (exact) mass is 454 g/mol. The number of benzene rings is 2. The molecule has 0 saturated heterocycles. The van der Waals surface area contributed by atoms with E-state index in [9.17, 15) is 4.79 Å². The average Bonchev–Trinajstić information content (AvgIpc) is 3.14. The van der Waals surface area contributed by atoms with Gasteiger partial charge in [-0.3, -0.25) is 10.1 Å². The van der Waals surface area contributed by atoms with E-state index in [0.717, 1.165) is 40.3 Å². The molecule has 0 aliphatic carbocycles. The van der Waals surface area contributed by atoms with Crippen LogP contribution in [-0.2, 0) is 0 Å². The minimum absolute atomic E-state index is 0.239. The molecule has 0 aliphatic rings. The Hall–Kier alpha value is -3.06. The Balaban J connectivity index is 1.78. The summed E-state index contributed by atoms with van der Waals surface area (Å²) in [7, 11) is 1.66. The van der Waals surface area contributed by atoms with E-state index in [4.69, 9.17) is 14.2 Å². The van der Waals surface area contributed by atoms with E-state index in [1.807, 2.05) is 39.0 Å². The number of nitrogens with one attached hydrogen (secondary N) is 1. The third-order valence-electron chi connectivity index (χ3n) is 4.95. The van der Waals surface area contributed by atoms with Crippen LogP contribution < -0.4 is 19.5 Å². The van der Waals surface area contributed by atoms with Crippen molar-refractivity contribution in [3.63, 3.8) is 0 Å². The van der Waals surface area contributed by atoms with Gasteiger partial charge in [-0.05, 0) is 69.2 Å². The number of rotatable bonds is 10. The lowest BCUT2D eigenvalue weighted by Crippen LogP contribution is -2.12. The van der Waals surface area contributed by atoms with Crippen LogP contribution in [0.25, 0.3) is 11.3 Å². The summed E-state index contributed by atoms with van der Waals surface area (Å²) in [5, 5.41) is 3.47. The van der Waals surface area contributed by atoms with E-state index in [1.165, 1.54) is 11.3 Å². The van der Waals surface area contributed by atoms with Crippen LogP contribution in [0.15, 0.2) is 36.4 Å². The van der Waals surface area contributed by atoms with Gasteiger partial charge in [0.2, 0.25) is 0 Å². The first kappa shape index (κ1) is 23.6. The molecule has 0 fully saturated rings. The molecule has 0 saturated carbocycles. The van der Waals surface area contributed by atoms with Gasteiger partial charge in [0.05, 0.1) is 26.0 Å². The van der Waals surface area contributed by atoms with E-state index < -0.39 is 0 Å². The summed E-state index contributed by atoms with van der Waals surface area (Å²) < 4.78 is 16.8. The zero-order chi connectivity index (χ0) is 23.1. The van der Waals surface area contributed by atoms with E-state index in [1.54, 1.807) is 25.3 Å². The first-order valence-electron chi connectivity index (χ1n) is 10.8. The van der Waals surface area contributed by atoms with Gasteiger partial charge in [0.15, 0.2) is 16.6 Å². The van der Waals surface area contributed by atoms with Crippen LogP contribution >= 0.6 is 11.3 Å². The van der Waals surface area contributed by atoms with Crippen molar-refractivity contribution in [3.8, 4) is 28.5 Å². The third-order valence-corrected chi connectivity index (χ3v) is 5.83. The van der Waals surface area contributed by atoms with Crippen LogP contribution in [0.5, 0.6) is 17.2 Å². The number of amides is 1. The second-order valence-corrected chi connectivity index (χ2v) is 8.56. The van der Waals surface area contributed by atoms with Crippen LogP contribution in [0.4, 0.5) is 5.13 Å². The lowest BCUT2D eigenvalue weighted by atomic mass is 10.1. The molecule has 170 valence electrons. The average molecular weight is 455 g/mol. The number of ether oxygens (including phenoxy) is 3. The number of aryl methyl sites for hydroxylation is 2.